The Kier molecular flexibility index (Phi) is 4.23. The predicted octanol–water partition coefficient (Wildman–Crippen LogP) is 5.03. The quantitative estimate of drug-likeness (QED) is 0.662. The summed E-state index contributed by atoms with van der Waals surface area (Å²) in [4.78, 5) is 0. The number of thiophene rings is 1. The molecule has 0 radical (unpaired) electrons. The molecule has 1 aliphatic heterocycles. The second kappa shape index (κ2) is 6.20. The Morgan fingerprint density at radius 1 is 1.00 bits per heavy atom. The maximum absolute atomic E-state index is 6.16. The van der Waals surface area contributed by atoms with Gasteiger partial charge in [-0.1, -0.05) is 30.3 Å². The Balaban J connectivity index is 1.73. The number of hydrogen-bond donors (Lipinski definition) is 1. The zero-order chi connectivity index (χ0) is 18.5. The lowest BCUT2D eigenvalue weighted by Gasteiger charge is -2.32. The van der Waals surface area contributed by atoms with Crippen molar-refractivity contribution in [3.63, 3.8) is 0 Å². The minimum Gasteiger partial charge on any atom is -0.400 e. The van der Waals surface area contributed by atoms with Crippen LogP contribution >= 0.6 is 11.3 Å². The van der Waals surface area contributed by atoms with Crippen molar-refractivity contribution in [3.8, 4) is 0 Å². The molecule has 134 valence electrons. The van der Waals surface area contributed by atoms with E-state index in [2.05, 4.69) is 76.2 Å². The first kappa shape index (κ1) is 17.7. The molecule has 0 saturated carbocycles. The van der Waals surface area contributed by atoms with E-state index >= 15 is 0 Å². The SMILES string of the molecule is CC1(C)OB(C(=Cc2ccc3sc4ccccc4c3c2)CN)OC1(C)C. The summed E-state index contributed by atoms with van der Waals surface area (Å²) in [6.07, 6.45) is 2.11. The molecule has 0 unspecified atom stereocenters. The van der Waals surface area contributed by atoms with Gasteiger partial charge in [0.25, 0.3) is 0 Å². The molecule has 0 amide bonds. The molecular formula is C21H24BNO2S. The van der Waals surface area contributed by atoms with E-state index in [-0.39, 0.29) is 11.2 Å². The lowest BCUT2D eigenvalue weighted by Crippen LogP contribution is -2.41. The topological polar surface area (TPSA) is 44.5 Å². The highest BCUT2D eigenvalue weighted by molar-refractivity contribution is 7.25. The van der Waals surface area contributed by atoms with Gasteiger partial charge >= 0.3 is 7.12 Å². The average molecular weight is 365 g/mol. The normalized spacial score (nSPS) is 19.6. The molecule has 0 atom stereocenters. The maximum Gasteiger partial charge on any atom is 0.491 e. The van der Waals surface area contributed by atoms with E-state index in [1.54, 1.807) is 0 Å². The second-order valence-corrected chi connectivity index (χ2v) is 8.95. The van der Waals surface area contributed by atoms with E-state index in [1.165, 1.54) is 20.2 Å². The van der Waals surface area contributed by atoms with Crippen LogP contribution in [0.4, 0.5) is 0 Å². The van der Waals surface area contributed by atoms with Gasteiger partial charge in [0.05, 0.1) is 11.2 Å². The summed E-state index contributed by atoms with van der Waals surface area (Å²) in [7, 11) is -0.403. The summed E-state index contributed by atoms with van der Waals surface area (Å²) in [5.41, 5.74) is 7.39. The van der Waals surface area contributed by atoms with Gasteiger partial charge in [0, 0.05) is 26.7 Å². The highest BCUT2D eigenvalue weighted by atomic mass is 32.1. The third-order valence-electron chi connectivity index (χ3n) is 5.54. The van der Waals surface area contributed by atoms with Crippen molar-refractivity contribution >= 4 is 44.7 Å². The predicted molar refractivity (Wildman–Crippen MR) is 112 cm³/mol. The van der Waals surface area contributed by atoms with Crippen LogP contribution in [0.25, 0.3) is 26.2 Å². The standard InChI is InChI=1S/C21H24BNO2S/c1-20(2)21(3,4)25-22(24-20)15(13-23)11-14-9-10-19-17(12-14)16-7-5-6-8-18(16)26-19/h5-12H,13,23H2,1-4H3. The highest BCUT2D eigenvalue weighted by Crippen LogP contribution is 2.39. The molecule has 0 bridgehead atoms. The fourth-order valence-electron chi connectivity index (χ4n) is 3.27. The maximum atomic E-state index is 6.16. The second-order valence-electron chi connectivity index (χ2n) is 7.87. The van der Waals surface area contributed by atoms with Crippen molar-refractivity contribution in [2.45, 2.75) is 38.9 Å². The van der Waals surface area contributed by atoms with Crippen molar-refractivity contribution in [1.82, 2.24) is 0 Å². The Labute approximate surface area is 158 Å². The molecule has 5 heteroatoms. The van der Waals surface area contributed by atoms with Crippen LogP contribution in [0.2, 0.25) is 0 Å². The first-order valence-electron chi connectivity index (χ1n) is 8.98. The molecule has 3 aromatic rings. The molecule has 1 saturated heterocycles. The minimum absolute atomic E-state index is 0.362. The molecule has 0 spiro atoms. The molecule has 1 aromatic heterocycles. The molecule has 26 heavy (non-hydrogen) atoms. The van der Waals surface area contributed by atoms with Crippen LogP contribution in [-0.4, -0.2) is 24.9 Å². The lowest BCUT2D eigenvalue weighted by atomic mass is 9.77. The van der Waals surface area contributed by atoms with Gasteiger partial charge in [-0.25, -0.2) is 0 Å². The molecule has 4 rings (SSSR count). The number of rotatable bonds is 3. The van der Waals surface area contributed by atoms with Crippen molar-refractivity contribution < 1.29 is 9.31 Å². The molecular weight excluding hydrogens is 341 g/mol. The van der Waals surface area contributed by atoms with Gasteiger partial charge in [-0.2, -0.15) is 0 Å². The van der Waals surface area contributed by atoms with E-state index in [9.17, 15) is 0 Å². The Morgan fingerprint density at radius 3 is 2.35 bits per heavy atom. The van der Waals surface area contributed by atoms with Gasteiger partial charge in [0.1, 0.15) is 0 Å². The Bertz CT molecular complexity index is 990. The van der Waals surface area contributed by atoms with Gasteiger partial charge in [0.15, 0.2) is 0 Å². The third-order valence-corrected chi connectivity index (χ3v) is 6.70. The van der Waals surface area contributed by atoms with E-state index in [4.69, 9.17) is 15.0 Å². The van der Waals surface area contributed by atoms with Gasteiger partial charge in [0.2, 0.25) is 0 Å². The van der Waals surface area contributed by atoms with Crippen molar-refractivity contribution in [3.05, 3.63) is 53.5 Å². The smallest absolute Gasteiger partial charge is 0.400 e. The molecule has 2 heterocycles. The number of nitrogens with two attached hydrogens (primary N) is 1. The van der Waals surface area contributed by atoms with Crippen LogP contribution in [0.3, 0.4) is 0 Å². The average Bonchev–Trinajstić information content (AvgIpc) is 3.06. The van der Waals surface area contributed by atoms with Crippen LogP contribution in [0.5, 0.6) is 0 Å². The lowest BCUT2D eigenvalue weighted by molar-refractivity contribution is 0.00578. The Hall–Kier alpha value is -1.66. The van der Waals surface area contributed by atoms with Gasteiger partial charge in [-0.3, -0.25) is 0 Å². The summed E-state index contributed by atoms with van der Waals surface area (Å²) < 4.78 is 14.9. The van der Waals surface area contributed by atoms with Crippen LogP contribution in [0, 0.1) is 0 Å². The fraction of sp³-hybridized carbons (Fsp3) is 0.333. The summed E-state index contributed by atoms with van der Waals surface area (Å²) in [6, 6.07) is 15.1. The van der Waals surface area contributed by atoms with Crippen molar-refractivity contribution in [2.75, 3.05) is 6.54 Å². The number of hydrogen-bond acceptors (Lipinski definition) is 4. The Morgan fingerprint density at radius 2 is 1.65 bits per heavy atom. The summed E-state index contributed by atoms with van der Waals surface area (Å²) in [5, 5.41) is 2.58. The van der Waals surface area contributed by atoms with Crippen molar-refractivity contribution in [1.29, 1.82) is 0 Å². The van der Waals surface area contributed by atoms with Gasteiger partial charge < -0.3 is 15.0 Å². The van der Waals surface area contributed by atoms with Crippen LogP contribution in [0.15, 0.2) is 47.9 Å². The minimum atomic E-state index is -0.403. The zero-order valence-electron chi connectivity index (χ0n) is 15.7. The first-order valence-corrected chi connectivity index (χ1v) is 9.80. The first-order chi connectivity index (χ1) is 12.3. The zero-order valence-corrected chi connectivity index (χ0v) is 16.5. The molecule has 0 aliphatic carbocycles. The summed E-state index contributed by atoms with van der Waals surface area (Å²) in [6.45, 7) is 8.64. The van der Waals surface area contributed by atoms with Crippen LogP contribution in [0.1, 0.15) is 33.3 Å². The van der Waals surface area contributed by atoms with E-state index in [1.807, 2.05) is 11.3 Å². The van der Waals surface area contributed by atoms with E-state index in [0.717, 1.165) is 11.0 Å². The fourth-order valence-corrected chi connectivity index (χ4v) is 4.35. The molecule has 2 N–H and O–H groups in total. The summed E-state index contributed by atoms with van der Waals surface area (Å²) >= 11 is 1.83. The van der Waals surface area contributed by atoms with E-state index < -0.39 is 7.12 Å². The van der Waals surface area contributed by atoms with Crippen LogP contribution in [-0.2, 0) is 9.31 Å². The highest BCUT2D eigenvalue weighted by Gasteiger charge is 2.52. The van der Waals surface area contributed by atoms with Crippen molar-refractivity contribution in [2.24, 2.45) is 5.73 Å². The molecule has 2 aromatic carbocycles. The largest absolute Gasteiger partial charge is 0.491 e. The molecule has 3 nitrogen and oxygen atoms in total. The monoisotopic (exact) mass is 365 g/mol. The van der Waals surface area contributed by atoms with E-state index in [0.29, 0.717) is 6.54 Å². The third kappa shape index (κ3) is 2.89. The van der Waals surface area contributed by atoms with Gasteiger partial charge in [-0.05, 0) is 56.9 Å². The molecule has 1 fully saturated rings. The van der Waals surface area contributed by atoms with Crippen LogP contribution < -0.4 is 5.73 Å². The summed E-state index contributed by atoms with van der Waals surface area (Å²) in [5.74, 6) is 0. The van der Waals surface area contributed by atoms with Gasteiger partial charge in [-0.15, -0.1) is 11.3 Å². The number of fused-ring (bicyclic) bond motifs is 3. The number of benzene rings is 2. The molecule has 1 aliphatic rings.